The van der Waals surface area contributed by atoms with Crippen LogP contribution in [0.2, 0.25) is 0 Å². The van der Waals surface area contributed by atoms with E-state index in [2.05, 4.69) is 15.9 Å². The summed E-state index contributed by atoms with van der Waals surface area (Å²) in [5.74, 6) is -1.51. The molecule has 0 amide bonds. The summed E-state index contributed by atoms with van der Waals surface area (Å²) in [7, 11) is 0. The molecule has 1 aliphatic rings. The van der Waals surface area contributed by atoms with Crippen molar-refractivity contribution in [3.05, 3.63) is 33.5 Å². The number of carbonyl (C=O) groups is 1. The van der Waals surface area contributed by atoms with Gasteiger partial charge in [-0.1, -0.05) is 6.07 Å². The topological polar surface area (TPSA) is 63.3 Å². The van der Waals surface area contributed by atoms with Crippen molar-refractivity contribution < 1.29 is 14.3 Å². The summed E-state index contributed by atoms with van der Waals surface area (Å²) >= 11 is 3.06. The third kappa shape index (κ3) is 1.38. The second-order valence-electron chi connectivity index (χ2n) is 3.66. The van der Waals surface area contributed by atoms with Crippen LogP contribution in [0.25, 0.3) is 0 Å². The highest BCUT2D eigenvalue weighted by molar-refractivity contribution is 9.10. The van der Waals surface area contributed by atoms with E-state index in [4.69, 9.17) is 10.8 Å². The average molecular weight is 274 g/mol. The Morgan fingerprint density at radius 1 is 1.60 bits per heavy atom. The normalized spacial score (nSPS) is 23.9. The average Bonchev–Trinajstić information content (AvgIpc) is 2.52. The maximum atomic E-state index is 13.6. The highest BCUT2D eigenvalue weighted by Crippen LogP contribution is 2.38. The van der Waals surface area contributed by atoms with E-state index in [0.717, 1.165) is 0 Å². The summed E-state index contributed by atoms with van der Waals surface area (Å²) in [5, 5.41) is 9.02. The fourth-order valence-electron chi connectivity index (χ4n) is 1.93. The number of carboxylic acids is 1. The molecule has 1 aromatic rings. The molecule has 3 nitrogen and oxygen atoms in total. The number of aliphatic carboxylic acids is 1. The van der Waals surface area contributed by atoms with Gasteiger partial charge in [-0.3, -0.25) is 0 Å². The summed E-state index contributed by atoms with van der Waals surface area (Å²) in [6.07, 6.45) is 0.606. The van der Waals surface area contributed by atoms with Gasteiger partial charge in [-0.15, -0.1) is 0 Å². The number of benzene rings is 1. The number of hydrogen-bond acceptors (Lipinski definition) is 2. The molecule has 0 bridgehead atoms. The first-order valence-electron chi connectivity index (χ1n) is 4.46. The molecule has 0 saturated heterocycles. The number of rotatable bonds is 1. The van der Waals surface area contributed by atoms with Crippen LogP contribution < -0.4 is 5.73 Å². The molecule has 0 saturated carbocycles. The van der Waals surface area contributed by atoms with Gasteiger partial charge in [-0.2, -0.15) is 0 Å². The minimum atomic E-state index is -1.43. The van der Waals surface area contributed by atoms with Gasteiger partial charge < -0.3 is 10.8 Å². The maximum absolute atomic E-state index is 13.6. The van der Waals surface area contributed by atoms with Crippen LogP contribution >= 0.6 is 15.9 Å². The van der Waals surface area contributed by atoms with Crippen molar-refractivity contribution in [3.63, 3.8) is 0 Å². The molecule has 15 heavy (non-hydrogen) atoms. The van der Waals surface area contributed by atoms with Crippen LogP contribution in [0.3, 0.4) is 0 Å². The van der Waals surface area contributed by atoms with E-state index < -0.39 is 17.3 Å². The van der Waals surface area contributed by atoms with Gasteiger partial charge in [0, 0.05) is 0 Å². The molecular formula is C10H9BrFNO2. The Morgan fingerprint density at radius 2 is 2.27 bits per heavy atom. The molecule has 0 heterocycles. The first-order valence-corrected chi connectivity index (χ1v) is 5.26. The minimum Gasteiger partial charge on any atom is -0.480 e. The largest absolute Gasteiger partial charge is 0.480 e. The zero-order valence-corrected chi connectivity index (χ0v) is 9.34. The standard InChI is InChI=1S/C10H9BrFNO2/c11-7-2-1-6-5(8(7)12)3-4-10(6,13)9(14)15/h1-2H,3-4,13H2,(H,14,15)/t10-/m1/s1. The highest BCUT2D eigenvalue weighted by Gasteiger charge is 2.43. The lowest BCUT2D eigenvalue weighted by Crippen LogP contribution is -2.42. The van der Waals surface area contributed by atoms with Crippen LogP contribution in [0.5, 0.6) is 0 Å². The van der Waals surface area contributed by atoms with Gasteiger partial charge in [0.2, 0.25) is 0 Å². The Bertz CT molecular complexity index is 449. The second-order valence-corrected chi connectivity index (χ2v) is 4.52. The second kappa shape index (κ2) is 3.28. The third-order valence-corrected chi connectivity index (χ3v) is 3.44. The van der Waals surface area contributed by atoms with E-state index in [9.17, 15) is 9.18 Å². The molecule has 5 heteroatoms. The van der Waals surface area contributed by atoms with Crippen LogP contribution in [0.1, 0.15) is 17.5 Å². The number of carboxylic acid groups (broad SMARTS) is 1. The Hall–Kier alpha value is -0.940. The van der Waals surface area contributed by atoms with Gasteiger partial charge in [0.15, 0.2) is 0 Å². The lowest BCUT2D eigenvalue weighted by molar-refractivity contribution is -0.143. The predicted molar refractivity (Wildman–Crippen MR) is 55.9 cm³/mol. The van der Waals surface area contributed by atoms with E-state index in [0.29, 0.717) is 22.0 Å². The SMILES string of the molecule is N[C@]1(C(=O)O)CCc2c1ccc(Br)c2F. The summed E-state index contributed by atoms with van der Waals surface area (Å²) in [6, 6.07) is 3.06. The zero-order valence-electron chi connectivity index (χ0n) is 7.76. The molecule has 0 spiro atoms. The molecule has 80 valence electrons. The Morgan fingerprint density at radius 3 is 2.87 bits per heavy atom. The molecule has 0 radical (unpaired) electrons. The molecule has 1 aliphatic carbocycles. The van der Waals surface area contributed by atoms with E-state index in [1.54, 1.807) is 6.07 Å². The van der Waals surface area contributed by atoms with Gasteiger partial charge in [-0.05, 0) is 46.0 Å². The van der Waals surface area contributed by atoms with Crippen LogP contribution in [-0.2, 0) is 16.8 Å². The molecule has 1 atom stereocenters. The van der Waals surface area contributed by atoms with Gasteiger partial charge in [0.1, 0.15) is 11.4 Å². The fraction of sp³-hybridized carbons (Fsp3) is 0.300. The molecule has 3 N–H and O–H groups in total. The van der Waals surface area contributed by atoms with Crippen molar-refractivity contribution in [1.29, 1.82) is 0 Å². The quantitative estimate of drug-likeness (QED) is 0.820. The molecule has 0 fully saturated rings. The first-order chi connectivity index (χ1) is 6.97. The van der Waals surface area contributed by atoms with Crippen molar-refractivity contribution in [2.24, 2.45) is 5.73 Å². The highest BCUT2D eigenvalue weighted by atomic mass is 79.9. The van der Waals surface area contributed by atoms with Crippen LogP contribution in [-0.4, -0.2) is 11.1 Å². The van der Waals surface area contributed by atoms with Crippen molar-refractivity contribution in [2.45, 2.75) is 18.4 Å². The Balaban J connectivity index is 2.63. The zero-order chi connectivity index (χ0) is 11.2. The van der Waals surface area contributed by atoms with Crippen molar-refractivity contribution in [2.75, 3.05) is 0 Å². The van der Waals surface area contributed by atoms with Crippen LogP contribution in [0, 0.1) is 5.82 Å². The summed E-state index contributed by atoms with van der Waals surface area (Å²) in [6.45, 7) is 0. The smallest absolute Gasteiger partial charge is 0.328 e. The van der Waals surface area contributed by atoms with Crippen molar-refractivity contribution in [1.82, 2.24) is 0 Å². The number of nitrogens with two attached hydrogens (primary N) is 1. The molecule has 1 aromatic carbocycles. The minimum absolute atomic E-state index is 0.241. The fourth-order valence-corrected chi connectivity index (χ4v) is 2.31. The number of halogens is 2. The predicted octanol–water partition coefficient (Wildman–Crippen LogP) is 1.77. The van der Waals surface area contributed by atoms with Crippen molar-refractivity contribution >= 4 is 21.9 Å². The monoisotopic (exact) mass is 273 g/mol. The first kappa shape index (κ1) is 10.6. The number of hydrogen-bond donors (Lipinski definition) is 2. The molecular weight excluding hydrogens is 265 g/mol. The summed E-state index contributed by atoms with van der Waals surface area (Å²) in [4.78, 5) is 11.0. The van der Waals surface area contributed by atoms with Gasteiger partial charge in [0.25, 0.3) is 0 Å². The van der Waals surface area contributed by atoms with Gasteiger partial charge in [-0.25, -0.2) is 9.18 Å². The van der Waals surface area contributed by atoms with E-state index in [-0.39, 0.29) is 6.42 Å². The maximum Gasteiger partial charge on any atom is 0.328 e. The van der Waals surface area contributed by atoms with E-state index >= 15 is 0 Å². The van der Waals surface area contributed by atoms with Gasteiger partial charge in [0.05, 0.1) is 4.47 Å². The summed E-state index contributed by atoms with van der Waals surface area (Å²) in [5.41, 5.74) is 5.11. The summed E-state index contributed by atoms with van der Waals surface area (Å²) < 4.78 is 14.0. The van der Waals surface area contributed by atoms with Gasteiger partial charge >= 0.3 is 5.97 Å². The third-order valence-electron chi connectivity index (χ3n) is 2.83. The molecule has 2 rings (SSSR count). The number of fused-ring (bicyclic) bond motifs is 1. The lowest BCUT2D eigenvalue weighted by Gasteiger charge is -2.19. The lowest BCUT2D eigenvalue weighted by atomic mass is 9.93. The Kier molecular flexibility index (Phi) is 2.31. The van der Waals surface area contributed by atoms with Crippen molar-refractivity contribution in [3.8, 4) is 0 Å². The molecule has 0 unspecified atom stereocenters. The molecule has 0 aromatic heterocycles. The molecule has 0 aliphatic heterocycles. The Labute approximate surface area is 94.2 Å². The van der Waals surface area contributed by atoms with Crippen LogP contribution in [0.4, 0.5) is 4.39 Å². The van der Waals surface area contributed by atoms with Crippen LogP contribution in [0.15, 0.2) is 16.6 Å². The van der Waals surface area contributed by atoms with E-state index in [1.807, 2.05) is 0 Å². The van der Waals surface area contributed by atoms with E-state index in [1.165, 1.54) is 6.07 Å².